The Morgan fingerprint density at radius 3 is 2.62 bits per heavy atom. The summed E-state index contributed by atoms with van der Waals surface area (Å²) in [4.78, 5) is 26.2. The Morgan fingerprint density at radius 2 is 2.00 bits per heavy atom. The number of rotatable bonds is 3. The number of amides is 1. The van der Waals surface area contributed by atoms with Gasteiger partial charge in [-0.25, -0.2) is 9.18 Å². The maximum Gasteiger partial charge on any atom is 0.334 e. The van der Waals surface area contributed by atoms with Crippen molar-refractivity contribution in [1.82, 2.24) is 4.90 Å². The molecule has 1 aromatic carbocycles. The number of hydrogen-bond donors (Lipinski definition) is 1. The van der Waals surface area contributed by atoms with Crippen LogP contribution < -0.4 is 0 Å². The van der Waals surface area contributed by atoms with Crippen molar-refractivity contribution in [1.29, 1.82) is 0 Å². The highest BCUT2D eigenvalue weighted by Crippen LogP contribution is 2.43. The summed E-state index contributed by atoms with van der Waals surface area (Å²) >= 11 is 0. The summed E-state index contributed by atoms with van der Waals surface area (Å²) in [5.74, 6) is -1.53. The van der Waals surface area contributed by atoms with Gasteiger partial charge < -0.3 is 14.7 Å². The van der Waals surface area contributed by atoms with Gasteiger partial charge in [-0.05, 0) is 37.5 Å². The molecule has 1 saturated heterocycles. The number of ether oxygens (including phenoxy) is 1. The van der Waals surface area contributed by atoms with E-state index in [9.17, 15) is 19.1 Å². The summed E-state index contributed by atoms with van der Waals surface area (Å²) in [6.45, 7) is 2.16. The van der Waals surface area contributed by atoms with Crippen LogP contribution in [0.1, 0.15) is 38.2 Å². The van der Waals surface area contributed by atoms with Crippen LogP contribution in [-0.2, 0) is 19.7 Å². The number of aliphatic carboxylic acids is 1. The molecule has 0 radical (unpaired) electrons. The zero-order valence-electron chi connectivity index (χ0n) is 13.7. The van der Waals surface area contributed by atoms with Crippen molar-refractivity contribution in [2.24, 2.45) is 0 Å². The molecule has 5 nitrogen and oxygen atoms in total. The van der Waals surface area contributed by atoms with Crippen LogP contribution in [0.5, 0.6) is 0 Å². The molecule has 2 aliphatic rings. The predicted molar refractivity (Wildman–Crippen MR) is 85.1 cm³/mol. The van der Waals surface area contributed by atoms with Crippen LogP contribution in [-0.4, -0.2) is 47.2 Å². The minimum absolute atomic E-state index is 0.0373. The van der Waals surface area contributed by atoms with Crippen molar-refractivity contribution >= 4 is 11.9 Å². The van der Waals surface area contributed by atoms with Gasteiger partial charge in [0.25, 0.3) is 0 Å². The molecule has 130 valence electrons. The molecule has 0 spiro atoms. The molecule has 1 aliphatic carbocycles. The lowest BCUT2D eigenvalue weighted by Gasteiger charge is -2.40. The highest BCUT2D eigenvalue weighted by atomic mass is 19.1. The van der Waals surface area contributed by atoms with Crippen LogP contribution in [0.25, 0.3) is 0 Å². The summed E-state index contributed by atoms with van der Waals surface area (Å²) in [5.41, 5.74) is -0.0570. The summed E-state index contributed by atoms with van der Waals surface area (Å²) in [5, 5.41) is 9.23. The van der Waals surface area contributed by atoms with E-state index in [1.807, 2.05) is 0 Å². The fourth-order valence-electron chi connectivity index (χ4n) is 3.95. The molecule has 24 heavy (non-hydrogen) atoms. The number of nitrogens with zero attached hydrogens (tertiary/aromatic N) is 1. The van der Waals surface area contributed by atoms with Crippen molar-refractivity contribution in [3.05, 3.63) is 35.6 Å². The number of carboxylic acid groups (broad SMARTS) is 1. The van der Waals surface area contributed by atoms with E-state index < -0.39 is 17.5 Å². The van der Waals surface area contributed by atoms with Crippen LogP contribution in [0.3, 0.4) is 0 Å². The van der Waals surface area contributed by atoms with E-state index >= 15 is 0 Å². The van der Waals surface area contributed by atoms with Crippen LogP contribution >= 0.6 is 0 Å². The normalized spacial score (nSPS) is 26.3. The van der Waals surface area contributed by atoms with Gasteiger partial charge in [0.15, 0.2) is 6.10 Å². The first-order valence-corrected chi connectivity index (χ1v) is 8.36. The average molecular weight is 335 g/mol. The molecule has 1 unspecified atom stereocenters. The van der Waals surface area contributed by atoms with Crippen LogP contribution in [0, 0.1) is 5.82 Å². The second-order valence-corrected chi connectivity index (χ2v) is 6.78. The largest absolute Gasteiger partial charge is 0.479 e. The lowest BCUT2D eigenvalue weighted by Crippen LogP contribution is -2.56. The van der Waals surface area contributed by atoms with E-state index in [1.165, 1.54) is 12.1 Å². The zero-order valence-corrected chi connectivity index (χ0v) is 13.7. The van der Waals surface area contributed by atoms with E-state index in [2.05, 4.69) is 0 Å². The first-order chi connectivity index (χ1) is 11.4. The Hall–Kier alpha value is -1.95. The highest BCUT2D eigenvalue weighted by Gasteiger charge is 2.47. The van der Waals surface area contributed by atoms with Gasteiger partial charge in [0, 0.05) is 6.54 Å². The number of carbonyl (C=O) groups is 2. The predicted octanol–water partition coefficient (Wildman–Crippen LogP) is 2.34. The van der Waals surface area contributed by atoms with Gasteiger partial charge in [0.05, 0.1) is 18.1 Å². The lowest BCUT2D eigenvalue weighted by molar-refractivity contribution is -0.168. The second kappa shape index (κ2) is 6.51. The molecule has 0 aromatic heterocycles. The molecule has 6 heteroatoms. The van der Waals surface area contributed by atoms with Gasteiger partial charge in [0.1, 0.15) is 5.82 Å². The highest BCUT2D eigenvalue weighted by molar-refractivity contribution is 5.89. The third-order valence-corrected chi connectivity index (χ3v) is 5.07. The molecule has 1 heterocycles. The molecule has 1 amide bonds. The van der Waals surface area contributed by atoms with Gasteiger partial charge in [0.2, 0.25) is 5.91 Å². The Labute approximate surface area is 140 Å². The summed E-state index contributed by atoms with van der Waals surface area (Å²) in [6.07, 6.45) is 1.80. The lowest BCUT2D eigenvalue weighted by atomic mass is 9.77. The third-order valence-electron chi connectivity index (χ3n) is 5.07. The minimum atomic E-state index is -1.06. The molecule has 0 bridgehead atoms. The molecule has 1 aliphatic heterocycles. The molecule has 1 saturated carbocycles. The Kier molecular flexibility index (Phi) is 4.58. The van der Waals surface area contributed by atoms with Gasteiger partial charge in [-0.1, -0.05) is 25.0 Å². The average Bonchev–Trinajstić information content (AvgIpc) is 3.04. The molecule has 2 fully saturated rings. The quantitative estimate of drug-likeness (QED) is 0.921. The van der Waals surface area contributed by atoms with Gasteiger partial charge in [-0.3, -0.25) is 4.79 Å². The van der Waals surface area contributed by atoms with Gasteiger partial charge >= 0.3 is 5.97 Å². The van der Waals surface area contributed by atoms with Crippen molar-refractivity contribution in [2.75, 3.05) is 13.1 Å². The fourth-order valence-corrected chi connectivity index (χ4v) is 3.95. The maximum absolute atomic E-state index is 13.7. The fraction of sp³-hybridized carbons (Fsp3) is 0.556. The number of benzene rings is 1. The molecule has 1 aromatic rings. The second-order valence-electron chi connectivity index (χ2n) is 6.78. The molecular weight excluding hydrogens is 313 g/mol. The Bertz CT molecular complexity index is 642. The number of carbonyl (C=O) groups excluding carboxylic acids is 1. The summed E-state index contributed by atoms with van der Waals surface area (Å²) < 4.78 is 19.1. The SMILES string of the molecule is C[C@@H]1CN(C(=O)C2(c3cccc(F)c3)CCCC2)CC(C(=O)O)O1. The minimum Gasteiger partial charge on any atom is -0.479 e. The standard InChI is InChI=1S/C18H22FNO4/c1-12-10-20(11-15(24-12)16(21)22)17(23)18(7-2-3-8-18)13-5-4-6-14(19)9-13/h4-6,9,12,15H,2-3,7-8,10-11H2,1H3,(H,21,22)/t12-,15?/m1/s1. The van der Waals surface area contributed by atoms with E-state index in [-0.39, 0.29) is 24.4 Å². The van der Waals surface area contributed by atoms with Crippen LogP contribution in [0.2, 0.25) is 0 Å². The zero-order chi connectivity index (χ0) is 17.3. The van der Waals surface area contributed by atoms with Crippen molar-refractivity contribution < 1.29 is 23.8 Å². The van der Waals surface area contributed by atoms with E-state index in [0.717, 1.165) is 12.8 Å². The number of carboxylic acids is 1. The first-order valence-electron chi connectivity index (χ1n) is 8.36. The third kappa shape index (κ3) is 3.02. The van der Waals surface area contributed by atoms with E-state index in [1.54, 1.807) is 24.0 Å². The number of morpholine rings is 1. The maximum atomic E-state index is 13.7. The Morgan fingerprint density at radius 1 is 1.29 bits per heavy atom. The molecule has 2 atom stereocenters. The van der Waals surface area contributed by atoms with Crippen molar-refractivity contribution in [2.45, 2.75) is 50.2 Å². The number of halogens is 1. The topological polar surface area (TPSA) is 66.8 Å². The smallest absolute Gasteiger partial charge is 0.334 e. The molecule has 1 N–H and O–H groups in total. The van der Waals surface area contributed by atoms with Crippen LogP contribution in [0.4, 0.5) is 4.39 Å². The van der Waals surface area contributed by atoms with Gasteiger partial charge in [-0.15, -0.1) is 0 Å². The monoisotopic (exact) mass is 335 g/mol. The van der Waals surface area contributed by atoms with Crippen LogP contribution in [0.15, 0.2) is 24.3 Å². The van der Waals surface area contributed by atoms with Gasteiger partial charge in [-0.2, -0.15) is 0 Å². The summed E-state index contributed by atoms with van der Waals surface area (Å²) in [7, 11) is 0. The van der Waals surface area contributed by atoms with Crippen molar-refractivity contribution in [3.63, 3.8) is 0 Å². The van der Waals surface area contributed by atoms with E-state index in [0.29, 0.717) is 24.9 Å². The van der Waals surface area contributed by atoms with Crippen molar-refractivity contribution in [3.8, 4) is 0 Å². The molecule has 3 rings (SSSR count). The number of hydrogen-bond acceptors (Lipinski definition) is 3. The summed E-state index contributed by atoms with van der Waals surface area (Å²) in [6, 6.07) is 6.22. The first kappa shape index (κ1) is 16.9. The molecular formula is C18H22FNO4. The Balaban J connectivity index is 1.91. The van der Waals surface area contributed by atoms with E-state index in [4.69, 9.17) is 4.74 Å².